The lowest BCUT2D eigenvalue weighted by molar-refractivity contribution is 0.0640. The summed E-state index contributed by atoms with van der Waals surface area (Å²) in [7, 11) is 1.86. The molecule has 46 heavy (non-hydrogen) atoms. The normalized spacial score (nSPS) is 14.7. The second kappa shape index (κ2) is 12.6. The molecule has 0 aromatic heterocycles. The molecule has 0 N–H and O–H groups in total. The maximum Gasteiger partial charge on any atom is 0.261 e. The molecular weight excluding hydrogens is 613 g/mol. The van der Waals surface area contributed by atoms with Gasteiger partial charge in [-0.15, -0.1) is 0 Å². The molecule has 0 radical (unpaired) electrons. The zero-order valence-electron chi connectivity index (χ0n) is 27.4. The Balaban J connectivity index is 1.56. The summed E-state index contributed by atoms with van der Waals surface area (Å²) < 4.78 is 18.8. The Kier molecular flexibility index (Phi) is 8.76. The number of imide groups is 1. The van der Waals surface area contributed by atoms with Crippen molar-refractivity contribution in [3.05, 3.63) is 107 Å². The second-order valence-electron chi connectivity index (χ2n) is 13.0. The fourth-order valence-electron chi connectivity index (χ4n) is 6.27. The molecule has 4 aromatic rings. The van der Waals surface area contributed by atoms with E-state index in [0.29, 0.717) is 23.4 Å². The molecule has 2 amide bonds. The van der Waals surface area contributed by atoms with Gasteiger partial charge in [0.05, 0.1) is 49.4 Å². The highest BCUT2D eigenvalue weighted by atomic mass is 32.2. The van der Waals surface area contributed by atoms with Crippen molar-refractivity contribution in [3.8, 4) is 11.5 Å². The molecule has 1 unspecified atom stereocenters. The quantitative estimate of drug-likeness (QED) is 0.133. The molecule has 0 saturated heterocycles. The third-order valence-corrected chi connectivity index (χ3v) is 10.5. The zero-order valence-corrected chi connectivity index (χ0v) is 29.4. The minimum atomic E-state index is -1.48. The molecule has 4 aromatic carbocycles. The maximum absolute atomic E-state index is 13.5. The highest BCUT2D eigenvalue weighted by molar-refractivity contribution is 7.99. The van der Waals surface area contributed by atoms with Crippen molar-refractivity contribution in [2.45, 2.75) is 62.8 Å². The fourth-order valence-corrected chi connectivity index (χ4v) is 8.73. The van der Waals surface area contributed by atoms with Crippen LogP contribution in [0.2, 0.25) is 13.1 Å². The molecule has 7 nitrogen and oxygen atoms in total. The van der Waals surface area contributed by atoms with Crippen LogP contribution in [-0.2, 0) is 17.5 Å². The number of hydrogen-bond donors (Lipinski definition) is 0. The number of ether oxygens (including phenoxy) is 2. The van der Waals surface area contributed by atoms with Gasteiger partial charge < -0.3 is 18.8 Å². The molecule has 238 valence electrons. The maximum atomic E-state index is 13.5. The minimum absolute atomic E-state index is 0.0810. The van der Waals surface area contributed by atoms with Crippen LogP contribution in [0.1, 0.15) is 64.3 Å². The van der Waals surface area contributed by atoms with Crippen LogP contribution >= 0.6 is 11.8 Å². The van der Waals surface area contributed by atoms with Gasteiger partial charge >= 0.3 is 0 Å². The first-order chi connectivity index (χ1) is 22.0. The minimum Gasteiger partial charge on any atom is -0.496 e. The van der Waals surface area contributed by atoms with E-state index in [4.69, 9.17) is 13.9 Å². The van der Waals surface area contributed by atoms with E-state index >= 15 is 0 Å². The number of methoxy groups -OCH3 is 2. The van der Waals surface area contributed by atoms with Crippen LogP contribution < -0.4 is 14.4 Å². The van der Waals surface area contributed by atoms with Crippen molar-refractivity contribution < 1.29 is 23.5 Å². The van der Waals surface area contributed by atoms with Gasteiger partial charge in [0.1, 0.15) is 11.5 Å². The van der Waals surface area contributed by atoms with Gasteiger partial charge in [0, 0.05) is 27.5 Å². The van der Waals surface area contributed by atoms with Crippen LogP contribution in [0.5, 0.6) is 11.5 Å². The highest BCUT2D eigenvalue weighted by Crippen LogP contribution is 2.57. The molecule has 0 fully saturated rings. The van der Waals surface area contributed by atoms with E-state index in [1.54, 1.807) is 50.2 Å². The van der Waals surface area contributed by atoms with Crippen LogP contribution in [0.15, 0.2) is 88.7 Å². The average molecular weight is 653 g/mol. The van der Waals surface area contributed by atoms with Gasteiger partial charge in [0.2, 0.25) is 0 Å². The van der Waals surface area contributed by atoms with Crippen LogP contribution in [0.3, 0.4) is 0 Å². The molecule has 0 aliphatic carbocycles. The van der Waals surface area contributed by atoms with Gasteiger partial charge in [0.25, 0.3) is 11.8 Å². The third kappa shape index (κ3) is 5.72. The van der Waals surface area contributed by atoms with E-state index in [2.05, 4.69) is 63.0 Å². The number of benzene rings is 4. The van der Waals surface area contributed by atoms with Crippen molar-refractivity contribution in [2.75, 3.05) is 19.1 Å². The van der Waals surface area contributed by atoms with E-state index in [0.717, 1.165) is 43.6 Å². The smallest absolute Gasteiger partial charge is 0.261 e. The van der Waals surface area contributed by atoms with E-state index in [9.17, 15) is 9.59 Å². The first-order valence-corrected chi connectivity index (χ1v) is 19.1. The van der Waals surface area contributed by atoms with Gasteiger partial charge in [-0.3, -0.25) is 14.5 Å². The predicted molar refractivity (Wildman–Crippen MR) is 185 cm³/mol. The molecule has 0 saturated carbocycles. The van der Waals surface area contributed by atoms with Crippen molar-refractivity contribution in [1.29, 1.82) is 0 Å². The van der Waals surface area contributed by atoms with Gasteiger partial charge in [-0.05, 0) is 60.5 Å². The third-order valence-electron chi connectivity index (χ3n) is 8.39. The van der Waals surface area contributed by atoms with Crippen LogP contribution in [0.25, 0.3) is 0 Å². The first kappa shape index (κ1) is 31.9. The Morgan fingerprint density at radius 2 is 1.28 bits per heavy atom. The Labute approximate surface area is 277 Å². The Morgan fingerprint density at radius 3 is 1.85 bits per heavy atom. The molecule has 2 heterocycles. The summed E-state index contributed by atoms with van der Waals surface area (Å²) in [5.74, 6) is 0.795. The molecule has 6 rings (SSSR count). The monoisotopic (exact) mass is 652 g/mol. The summed E-state index contributed by atoms with van der Waals surface area (Å²) in [5.41, 5.74) is 5.61. The summed E-state index contributed by atoms with van der Waals surface area (Å²) in [5, 5.41) is 0. The molecule has 0 bridgehead atoms. The lowest BCUT2D eigenvalue weighted by Gasteiger charge is -2.40. The lowest BCUT2D eigenvalue weighted by atomic mass is 9.84. The van der Waals surface area contributed by atoms with Gasteiger partial charge in [-0.25, -0.2) is 0 Å². The van der Waals surface area contributed by atoms with Crippen LogP contribution in [0.4, 0.5) is 11.4 Å². The van der Waals surface area contributed by atoms with Gasteiger partial charge in [0.15, 0.2) is 9.04 Å². The van der Waals surface area contributed by atoms with Crippen LogP contribution in [0, 0.1) is 5.41 Å². The van der Waals surface area contributed by atoms with Gasteiger partial charge in [-0.1, -0.05) is 75.0 Å². The average Bonchev–Trinajstić information content (AvgIpc) is 3.28. The topological polar surface area (TPSA) is 68.3 Å². The molecule has 2 aliphatic rings. The van der Waals surface area contributed by atoms with Crippen LogP contribution in [-0.4, -0.2) is 40.0 Å². The number of carbonyl (C=O) groups excluding carboxylic acids is 2. The SMILES string of the molecule is COc1ccc2c(c1CN1C(=O)c3ccccc3C1=O)Sc1c(ccc(OC)c1C(O[SiH](C)C)C(C)(C)C)N2Cc1ccccc1. The van der Waals surface area contributed by atoms with Crippen molar-refractivity contribution in [3.63, 3.8) is 0 Å². The number of rotatable bonds is 9. The summed E-state index contributed by atoms with van der Waals surface area (Å²) in [6.45, 7) is 11.7. The first-order valence-electron chi connectivity index (χ1n) is 15.5. The standard InChI is InChI=1S/C37H40N2O5SSi/c1-37(2,3)34(44-46(6)7)31-30(43-5)20-18-28-33(31)45-32-26(22-39-35(40)24-15-11-12-16-25(24)36(39)41)29(42-4)19-17-27(32)38(28)21-23-13-9-8-10-14-23/h8-20,34,46H,21-22H2,1-7H3. The van der Waals surface area contributed by atoms with Gasteiger partial charge in [-0.2, -0.15) is 0 Å². The molecule has 9 heteroatoms. The number of fused-ring (bicyclic) bond motifs is 3. The van der Waals surface area contributed by atoms with E-state index in [-0.39, 0.29) is 29.9 Å². The Bertz CT molecular complexity index is 1770. The summed E-state index contributed by atoms with van der Waals surface area (Å²) in [4.78, 5) is 32.7. The summed E-state index contributed by atoms with van der Waals surface area (Å²) >= 11 is 1.63. The van der Waals surface area contributed by atoms with Crippen molar-refractivity contribution >= 4 is 44.0 Å². The second-order valence-corrected chi connectivity index (χ2v) is 16.4. The van der Waals surface area contributed by atoms with Crippen molar-refractivity contribution in [1.82, 2.24) is 4.90 Å². The Morgan fingerprint density at radius 1 is 0.717 bits per heavy atom. The highest BCUT2D eigenvalue weighted by Gasteiger charge is 2.40. The molecular formula is C37H40N2O5SSi. The number of carbonyl (C=O) groups is 2. The van der Waals surface area contributed by atoms with E-state index in [1.807, 2.05) is 30.3 Å². The van der Waals surface area contributed by atoms with E-state index in [1.165, 1.54) is 4.90 Å². The zero-order chi connectivity index (χ0) is 32.7. The van der Waals surface area contributed by atoms with E-state index < -0.39 is 9.04 Å². The largest absolute Gasteiger partial charge is 0.496 e. The number of nitrogens with zero attached hydrogens (tertiary/aromatic N) is 2. The number of anilines is 2. The fraction of sp³-hybridized carbons (Fsp3) is 0.297. The molecule has 1 atom stereocenters. The molecule has 0 spiro atoms. The lowest BCUT2D eigenvalue weighted by Crippen LogP contribution is -2.31. The summed E-state index contributed by atoms with van der Waals surface area (Å²) in [6, 6.07) is 25.5. The van der Waals surface area contributed by atoms with Crippen molar-refractivity contribution in [2.24, 2.45) is 5.41 Å². The summed E-state index contributed by atoms with van der Waals surface area (Å²) in [6.07, 6.45) is -0.220. The predicted octanol–water partition coefficient (Wildman–Crippen LogP) is 8.39. The molecule has 2 aliphatic heterocycles. The number of hydrogen-bond acceptors (Lipinski definition) is 7. The number of amides is 2. The Hall–Kier alpha value is -4.05.